The van der Waals surface area contributed by atoms with E-state index in [-0.39, 0.29) is 24.4 Å². The van der Waals surface area contributed by atoms with Gasteiger partial charge in [-0.1, -0.05) is 24.3 Å². The van der Waals surface area contributed by atoms with Gasteiger partial charge in [0.05, 0.1) is 22.4 Å². The molecule has 0 aliphatic carbocycles. The molecule has 5 amide bonds. The summed E-state index contributed by atoms with van der Waals surface area (Å²) >= 11 is 1.20. The Morgan fingerprint density at radius 3 is 2.72 bits per heavy atom. The predicted molar refractivity (Wildman–Crippen MR) is 175 cm³/mol. The topological polar surface area (TPSA) is 144 Å². The maximum Gasteiger partial charge on any atom is 0.407 e. The maximum atomic E-state index is 13.6. The number of likely N-dealkylation sites (N-methyl/N-ethyl adjacent to an activating group) is 1. The fraction of sp³-hybridized carbons (Fsp3) is 0.242. The van der Waals surface area contributed by atoms with Crippen LogP contribution in [0.2, 0.25) is 0 Å². The van der Waals surface area contributed by atoms with Crippen LogP contribution in [0, 0.1) is 6.92 Å². The Morgan fingerprint density at radius 1 is 1.15 bits per heavy atom. The van der Waals surface area contributed by atoms with Gasteiger partial charge in [-0.3, -0.25) is 14.5 Å². The smallest absolute Gasteiger partial charge is 0.407 e. The summed E-state index contributed by atoms with van der Waals surface area (Å²) in [5.41, 5.74) is 2.53. The van der Waals surface area contributed by atoms with Crippen molar-refractivity contribution >= 4 is 62.6 Å². The Hall–Kier alpha value is -5.43. The van der Waals surface area contributed by atoms with Crippen molar-refractivity contribution in [2.24, 2.45) is 0 Å². The number of aromatic nitrogens is 1. The van der Waals surface area contributed by atoms with Crippen molar-refractivity contribution in [2.45, 2.75) is 25.8 Å². The van der Waals surface area contributed by atoms with Gasteiger partial charge in [0.25, 0.3) is 5.91 Å². The van der Waals surface area contributed by atoms with Crippen LogP contribution in [-0.2, 0) is 4.79 Å². The zero-order chi connectivity index (χ0) is 32.4. The standard InChI is InChI=1S/C33H32N6O6S/c1-20-18-23(45-22-9-4-3-5-10-22)12-13-24(20)39-25-14-15-34-31-27(25)28(36-32(39)42)29(46-31)30(41)35-21-8-6-17-38(19-21)26(40)11-7-16-37(2)33(43)44/h3-5,7,9-15,18,21H,6,8,16-17,19H2,1-2H3,(H,35,41)(H,36,42)(H,43,44)/b11-7+. The lowest BCUT2D eigenvalue weighted by atomic mass is 10.0. The van der Waals surface area contributed by atoms with Crippen LogP contribution in [0.1, 0.15) is 28.1 Å². The van der Waals surface area contributed by atoms with E-state index in [2.05, 4.69) is 15.6 Å². The SMILES string of the molecule is Cc1cc(Oc2ccccc2)ccc1N1C(=O)Nc2c(C(=O)NC3CCCN(C(=O)/C=C/CN(C)C(=O)O)C3)sc3nccc1c23. The summed E-state index contributed by atoms with van der Waals surface area (Å²) in [4.78, 5) is 60.6. The summed E-state index contributed by atoms with van der Waals surface area (Å²) in [5.74, 6) is 0.755. The number of carbonyl (C=O) groups excluding carboxylic acids is 3. The van der Waals surface area contributed by atoms with E-state index in [1.165, 1.54) is 30.5 Å². The number of piperidine rings is 1. The molecule has 6 rings (SSSR count). The number of carboxylic acid groups (broad SMARTS) is 1. The predicted octanol–water partition coefficient (Wildman–Crippen LogP) is 5.97. The van der Waals surface area contributed by atoms with Crippen molar-refractivity contribution in [3.8, 4) is 11.5 Å². The molecule has 1 fully saturated rings. The second-order valence-electron chi connectivity index (χ2n) is 11.1. The van der Waals surface area contributed by atoms with E-state index in [4.69, 9.17) is 9.84 Å². The van der Waals surface area contributed by atoms with Crippen LogP contribution in [-0.4, -0.2) is 76.6 Å². The summed E-state index contributed by atoms with van der Waals surface area (Å²) in [6.45, 7) is 2.85. The van der Waals surface area contributed by atoms with E-state index >= 15 is 0 Å². The number of aryl methyl sites for hydroxylation is 1. The van der Waals surface area contributed by atoms with Gasteiger partial charge in [-0.05, 0) is 61.7 Å². The normalized spacial score (nSPS) is 16.0. The Balaban J connectivity index is 1.19. The summed E-state index contributed by atoms with van der Waals surface area (Å²) in [6, 6.07) is 16.0. The molecule has 2 aliphatic rings. The van der Waals surface area contributed by atoms with Crippen LogP contribution >= 0.6 is 11.3 Å². The third kappa shape index (κ3) is 6.22. The number of ether oxygens (including phenoxy) is 1. The third-order valence-electron chi connectivity index (χ3n) is 7.87. The Kier molecular flexibility index (Phi) is 8.57. The van der Waals surface area contributed by atoms with Gasteiger partial charge in [0.1, 0.15) is 21.2 Å². The van der Waals surface area contributed by atoms with Crippen LogP contribution < -0.4 is 20.3 Å². The van der Waals surface area contributed by atoms with Crippen molar-refractivity contribution in [3.05, 3.63) is 83.4 Å². The first-order chi connectivity index (χ1) is 22.2. The van der Waals surface area contributed by atoms with Gasteiger partial charge in [0.2, 0.25) is 5.91 Å². The minimum absolute atomic E-state index is 0.0938. The molecule has 236 valence electrons. The zero-order valence-electron chi connectivity index (χ0n) is 25.2. The molecule has 2 aromatic carbocycles. The number of nitrogens with one attached hydrogen (secondary N) is 2. The van der Waals surface area contributed by atoms with Crippen molar-refractivity contribution in [1.29, 1.82) is 0 Å². The first-order valence-electron chi connectivity index (χ1n) is 14.8. The third-order valence-corrected chi connectivity index (χ3v) is 8.97. The summed E-state index contributed by atoms with van der Waals surface area (Å²) in [5, 5.41) is 15.6. The van der Waals surface area contributed by atoms with Crippen LogP contribution in [0.5, 0.6) is 11.5 Å². The number of likely N-dealkylation sites (tertiary alicyclic amines) is 1. The van der Waals surface area contributed by atoms with Crippen LogP contribution in [0.3, 0.4) is 0 Å². The highest BCUT2D eigenvalue weighted by Crippen LogP contribution is 2.46. The highest BCUT2D eigenvalue weighted by Gasteiger charge is 2.34. The molecule has 0 saturated carbocycles. The Labute approximate surface area is 268 Å². The fourth-order valence-corrected chi connectivity index (χ4v) is 6.61. The Morgan fingerprint density at radius 2 is 1.96 bits per heavy atom. The zero-order valence-corrected chi connectivity index (χ0v) is 26.0. The van der Waals surface area contributed by atoms with Gasteiger partial charge in [-0.15, -0.1) is 11.3 Å². The van der Waals surface area contributed by atoms with Gasteiger partial charge >= 0.3 is 12.1 Å². The van der Waals surface area contributed by atoms with Crippen LogP contribution in [0.25, 0.3) is 10.2 Å². The molecule has 1 atom stereocenters. The lowest BCUT2D eigenvalue weighted by Gasteiger charge is -2.32. The molecule has 1 unspecified atom stereocenters. The summed E-state index contributed by atoms with van der Waals surface area (Å²) < 4.78 is 5.97. The van der Waals surface area contributed by atoms with E-state index in [0.29, 0.717) is 69.6 Å². The summed E-state index contributed by atoms with van der Waals surface area (Å²) in [6.07, 6.45) is 4.80. The number of pyridine rings is 1. The van der Waals surface area contributed by atoms with Crippen molar-refractivity contribution in [3.63, 3.8) is 0 Å². The van der Waals surface area contributed by atoms with Crippen molar-refractivity contribution < 1.29 is 29.0 Å². The van der Waals surface area contributed by atoms with Crippen molar-refractivity contribution in [2.75, 3.05) is 36.9 Å². The molecule has 3 N–H and O–H groups in total. The number of benzene rings is 2. The molecule has 0 bridgehead atoms. The van der Waals surface area contributed by atoms with Gasteiger partial charge in [-0.2, -0.15) is 0 Å². The molecule has 4 aromatic rings. The second-order valence-corrected chi connectivity index (χ2v) is 12.1. The number of thiophene rings is 1. The molecular weight excluding hydrogens is 608 g/mol. The number of hydrogen-bond acceptors (Lipinski definition) is 7. The minimum atomic E-state index is -1.08. The monoisotopic (exact) mass is 640 g/mol. The Bertz CT molecular complexity index is 1860. The number of hydrogen-bond donors (Lipinski definition) is 3. The number of rotatable bonds is 8. The van der Waals surface area contributed by atoms with E-state index in [1.807, 2.05) is 55.5 Å². The quantitative estimate of drug-likeness (QED) is 0.201. The molecule has 13 heteroatoms. The summed E-state index contributed by atoms with van der Waals surface area (Å²) in [7, 11) is 1.42. The largest absolute Gasteiger partial charge is 0.465 e. The molecular formula is C33H32N6O6S. The molecule has 12 nitrogen and oxygen atoms in total. The molecule has 2 aliphatic heterocycles. The van der Waals surface area contributed by atoms with Gasteiger partial charge in [-0.25, -0.2) is 14.6 Å². The first kappa shape index (κ1) is 30.6. The fourth-order valence-electron chi connectivity index (χ4n) is 5.59. The second kappa shape index (κ2) is 12.9. The van der Waals surface area contributed by atoms with Gasteiger partial charge < -0.3 is 30.3 Å². The lowest BCUT2D eigenvalue weighted by molar-refractivity contribution is -0.127. The average molecular weight is 641 g/mol. The van der Waals surface area contributed by atoms with E-state index in [1.54, 1.807) is 22.1 Å². The van der Waals surface area contributed by atoms with Crippen molar-refractivity contribution in [1.82, 2.24) is 20.1 Å². The van der Waals surface area contributed by atoms with E-state index < -0.39 is 12.1 Å². The highest BCUT2D eigenvalue weighted by molar-refractivity contribution is 7.21. The molecule has 46 heavy (non-hydrogen) atoms. The van der Waals surface area contributed by atoms with Crippen LogP contribution in [0.4, 0.5) is 26.7 Å². The first-order valence-corrected chi connectivity index (χ1v) is 15.6. The van der Waals surface area contributed by atoms with E-state index in [9.17, 15) is 19.2 Å². The number of urea groups is 1. The molecule has 0 radical (unpaired) electrons. The number of para-hydroxylation sites is 1. The highest BCUT2D eigenvalue weighted by atomic mass is 32.1. The maximum absolute atomic E-state index is 13.6. The molecule has 0 spiro atoms. The minimum Gasteiger partial charge on any atom is -0.465 e. The number of amides is 5. The van der Waals surface area contributed by atoms with Gasteiger partial charge in [0, 0.05) is 45.0 Å². The number of carbonyl (C=O) groups is 4. The van der Waals surface area contributed by atoms with Crippen LogP contribution in [0.15, 0.2) is 72.9 Å². The lowest BCUT2D eigenvalue weighted by Crippen LogP contribution is -2.49. The molecule has 1 saturated heterocycles. The average Bonchev–Trinajstić information content (AvgIpc) is 3.41. The van der Waals surface area contributed by atoms with E-state index in [0.717, 1.165) is 10.5 Å². The van der Waals surface area contributed by atoms with Gasteiger partial charge in [0.15, 0.2) is 0 Å². The molecule has 4 heterocycles. The number of anilines is 3. The number of nitrogens with zero attached hydrogens (tertiary/aromatic N) is 4. The molecule has 2 aromatic heterocycles.